The van der Waals surface area contributed by atoms with E-state index in [0.717, 1.165) is 35.8 Å². The topological polar surface area (TPSA) is 71.1 Å². The van der Waals surface area contributed by atoms with Crippen LogP contribution in [0.1, 0.15) is 5.56 Å². The Bertz CT molecular complexity index is 997. The molecule has 160 valence electrons. The van der Waals surface area contributed by atoms with Crippen LogP contribution in [0, 0.1) is 0 Å². The number of carbonyl (C=O) groups is 1. The third-order valence-electron chi connectivity index (χ3n) is 5.08. The summed E-state index contributed by atoms with van der Waals surface area (Å²) in [7, 11) is 0. The smallest absolute Gasteiger partial charge is 0.546 e. The van der Waals surface area contributed by atoms with E-state index in [4.69, 9.17) is 14.2 Å². The van der Waals surface area contributed by atoms with Crippen molar-refractivity contribution in [3.05, 3.63) is 84.4 Å². The summed E-state index contributed by atoms with van der Waals surface area (Å²) >= 11 is 0. The molecule has 0 saturated heterocycles. The molecular formula is C25H24NNaO5. The third kappa shape index (κ3) is 6.42. The molecule has 1 unspecified atom stereocenters. The molecule has 6 nitrogen and oxygen atoms in total. The van der Waals surface area contributed by atoms with E-state index < -0.39 is 12.1 Å². The number of anilines is 1. The molecule has 3 aromatic rings. The van der Waals surface area contributed by atoms with Gasteiger partial charge in [-0.2, -0.15) is 0 Å². The Hall–Kier alpha value is -2.67. The molecule has 0 N–H and O–H groups in total. The summed E-state index contributed by atoms with van der Waals surface area (Å²) in [6, 6.07) is 24.3. The second kappa shape index (κ2) is 11.8. The van der Waals surface area contributed by atoms with Gasteiger partial charge in [-0.25, -0.2) is 0 Å². The van der Waals surface area contributed by atoms with Crippen LogP contribution in [-0.4, -0.2) is 38.4 Å². The summed E-state index contributed by atoms with van der Waals surface area (Å²) < 4.78 is 17.1. The molecule has 0 aromatic heterocycles. The van der Waals surface area contributed by atoms with Crippen LogP contribution in [0.5, 0.6) is 17.2 Å². The standard InChI is InChI=1S/C25H25NO5.Na/c27-25(28)24(31-21-6-2-1-3-7-21)18-19-10-12-20(13-11-19)29-16-14-26-15-17-30-23-9-5-4-8-22(23)26;/h1-13,24H,14-18H2,(H,27,28);/q;+1/p-1. The Morgan fingerprint density at radius 1 is 0.969 bits per heavy atom. The first-order chi connectivity index (χ1) is 15.2. The number of para-hydroxylation sites is 3. The first kappa shape index (κ1) is 24.0. The van der Waals surface area contributed by atoms with Gasteiger partial charge in [0.25, 0.3) is 0 Å². The molecule has 3 aromatic carbocycles. The van der Waals surface area contributed by atoms with Gasteiger partial charge < -0.3 is 29.0 Å². The minimum Gasteiger partial charge on any atom is -0.546 e. The van der Waals surface area contributed by atoms with Crippen molar-refractivity contribution in [2.45, 2.75) is 12.5 Å². The number of benzene rings is 3. The molecule has 1 aliphatic heterocycles. The monoisotopic (exact) mass is 441 g/mol. The predicted octanol–water partition coefficient (Wildman–Crippen LogP) is -0.292. The molecule has 0 aliphatic carbocycles. The van der Waals surface area contributed by atoms with Crippen LogP contribution in [0.25, 0.3) is 0 Å². The van der Waals surface area contributed by atoms with E-state index in [1.54, 1.807) is 24.3 Å². The van der Waals surface area contributed by atoms with Crippen LogP contribution < -0.4 is 53.8 Å². The minimum atomic E-state index is -1.24. The van der Waals surface area contributed by atoms with E-state index in [1.807, 2.05) is 48.5 Å². The molecule has 4 rings (SSSR count). The first-order valence-corrected chi connectivity index (χ1v) is 10.3. The number of nitrogens with zero attached hydrogens (tertiary/aromatic N) is 1. The van der Waals surface area contributed by atoms with Crippen LogP contribution in [-0.2, 0) is 11.2 Å². The Morgan fingerprint density at radius 2 is 1.69 bits per heavy atom. The van der Waals surface area contributed by atoms with Gasteiger partial charge in [-0.05, 0) is 42.0 Å². The molecule has 0 bridgehead atoms. The van der Waals surface area contributed by atoms with Crippen molar-refractivity contribution in [2.24, 2.45) is 0 Å². The predicted molar refractivity (Wildman–Crippen MR) is 116 cm³/mol. The SMILES string of the molecule is O=C([O-])C(Cc1ccc(OCCN2CCOc3ccccc32)cc1)Oc1ccccc1.[Na+]. The molecule has 0 fully saturated rings. The number of carbonyl (C=O) groups excluding carboxylic acids is 1. The summed E-state index contributed by atoms with van der Waals surface area (Å²) in [4.78, 5) is 13.7. The number of fused-ring (bicyclic) bond motifs is 1. The number of rotatable bonds is 9. The summed E-state index contributed by atoms with van der Waals surface area (Å²) in [5.41, 5.74) is 1.92. The third-order valence-corrected chi connectivity index (χ3v) is 5.08. The van der Waals surface area contributed by atoms with Crippen LogP contribution in [0.4, 0.5) is 5.69 Å². The fraction of sp³-hybridized carbons (Fsp3) is 0.240. The van der Waals surface area contributed by atoms with E-state index in [1.165, 1.54) is 0 Å². The van der Waals surface area contributed by atoms with E-state index >= 15 is 0 Å². The zero-order chi connectivity index (χ0) is 21.5. The fourth-order valence-electron chi connectivity index (χ4n) is 3.50. The van der Waals surface area contributed by atoms with Crippen molar-refractivity contribution < 1.29 is 53.7 Å². The van der Waals surface area contributed by atoms with Gasteiger partial charge in [0.1, 0.15) is 36.6 Å². The van der Waals surface area contributed by atoms with E-state index in [9.17, 15) is 9.90 Å². The molecule has 1 atom stereocenters. The second-order valence-electron chi connectivity index (χ2n) is 7.24. The van der Waals surface area contributed by atoms with Gasteiger partial charge in [0.05, 0.1) is 24.7 Å². The Balaban J connectivity index is 0.00000289. The van der Waals surface area contributed by atoms with E-state index in [0.29, 0.717) is 19.0 Å². The summed E-state index contributed by atoms with van der Waals surface area (Å²) in [5.74, 6) is 0.897. The zero-order valence-electron chi connectivity index (χ0n) is 18.1. The summed E-state index contributed by atoms with van der Waals surface area (Å²) in [6.07, 6.45) is -0.849. The molecule has 0 amide bonds. The molecule has 0 spiro atoms. The van der Waals surface area contributed by atoms with Crippen LogP contribution in [0.2, 0.25) is 0 Å². The largest absolute Gasteiger partial charge is 1.00 e. The second-order valence-corrected chi connectivity index (χ2v) is 7.24. The zero-order valence-corrected chi connectivity index (χ0v) is 20.1. The van der Waals surface area contributed by atoms with Crippen LogP contribution >= 0.6 is 0 Å². The quantitative estimate of drug-likeness (QED) is 0.425. The van der Waals surface area contributed by atoms with E-state index in [-0.39, 0.29) is 36.0 Å². The molecule has 0 radical (unpaired) electrons. The number of hydrogen-bond acceptors (Lipinski definition) is 6. The van der Waals surface area contributed by atoms with Gasteiger partial charge >= 0.3 is 29.6 Å². The van der Waals surface area contributed by atoms with Gasteiger partial charge in [0, 0.05) is 6.42 Å². The van der Waals surface area contributed by atoms with Gasteiger partial charge in [0.15, 0.2) is 0 Å². The number of carboxylic acid groups (broad SMARTS) is 1. The summed E-state index contributed by atoms with van der Waals surface area (Å²) in [6.45, 7) is 2.77. The average molecular weight is 441 g/mol. The normalized spacial score (nSPS) is 13.2. The molecule has 0 saturated carbocycles. The average Bonchev–Trinajstić information content (AvgIpc) is 2.80. The maximum absolute atomic E-state index is 11.5. The maximum atomic E-state index is 11.5. The number of aliphatic carboxylic acids is 1. The van der Waals surface area contributed by atoms with Crippen molar-refractivity contribution >= 4 is 11.7 Å². The fourth-order valence-corrected chi connectivity index (χ4v) is 3.50. The van der Waals surface area contributed by atoms with Crippen molar-refractivity contribution in [1.82, 2.24) is 0 Å². The number of carboxylic acids is 1. The Morgan fingerprint density at radius 3 is 2.44 bits per heavy atom. The van der Waals surface area contributed by atoms with Gasteiger partial charge in [-0.3, -0.25) is 0 Å². The Labute approximate surface area is 210 Å². The maximum Gasteiger partial charge on any atom is 1.00 e. The van der Waals surface area contributed by atoms with Gasteiger partial charge in [-0.1, -0.05) is 42.5 Å². The first-order valence-electron chi connectivity index (χ1n) is 10.3. The molecule has 1 aliphatic rings. The van der Waals surface area contributed by atoms with Crippen molar-refractivity contribution in [1.29, 1.82) is 0 Å². The van der Waals surface area contributed by atoms with E-state index in [2.05, 4.69) is 11.0 Å². The Kier molecular flexibility index (Phi) is 8.85. The summed E-state index contributed by atoms with van der Waals surface area (Å²) in [5, 5.41) is 11.5. The van der Waals surface area contributed by atoms with Crippen LogP contribution in [0.3, 0.4) is 0 Å². The van der Waals surface area contributed by atoms with Gasteiger partial charge in [0.2, 0.25) is 0 Å². The van der Waals surface area contributed by atoms with Gasteiger partial charge in [-0.15, -0.1) is 0 Å². The number of hydrogen-bond donors (Lipinski definition) is 0. The molecular weight excluding hydrogens is 417 g/mol. The van der Waals surface area contributed by atoms with Crippen molar-refractivity contribution in [2.75, 3.05) is 31.2 Å². The molecule has 1 heterocycles. The number of ether oxygens (including phenoxy) is 3. The molecule has 32 heavy (non-hydrogen) atoms. The minimum absolute atomic E-state index is 0. The van der Waals surface area contributed by atoms with Crippen molar-refractivity contribution in [3.63, 3.8) is 0 Å². The molecule has 7 heteroatoms. The van der Waals surface area contributed by atoms with Crippen LogP contribution in [0.15, 0.2) is 78.9 Å². The van der Waals surface area contributed by atoms with Crippen molar-refractivity contribution in [3.8, 4) is 17.2 Å².